The van der Waals surface area contributed by atoms with Gasteiger partial charge in [0, 0.05) is 46.2 Å². The number of carbonyl (C=O) groups is 1. The fourth-order valence-corrected chi connectivity index (χ4v) is 3.98. The summed E-state index contributed by atoms with van der Waals surface area (Å²) in [4.78, 5) is 21.8. The van der Waals surface area contributed by atoms with Gasteiger partial charge in [0.25, 0.3) is 0 Å². The van der Waals surface area contributed by atoms with Crippen molar-refractivity contribution in [2.24, 2.45) is 7.05 Å². The van der Waals surface area contributed by atoms with Gasteiger partial charge in [-0.1, -0.05) is 57.3 Å². The molecule has 29 heavy (non-hydrogen) atoms. The highest BCUT2D eigenvalue weighted by Gasteiger charge is 2.16. The monoisotopic (exact) mass is 487 g/mol. The first-order valence-electron chi connectivity index (χ1n) is 8.94. The average molecular weight is 489 g/mol. The van der Waals surface area contributed by atoms with E-state index in [1.54, 1.807) is 12.3 Å². The number of hydrogen-bond donors (Lipinski definition) is 0. The number of benzene rings is 2. The van der Waals surface area contributed by atoms with E-state index >= 15 is 0 Å². The number of aromatic nitrogens is 3. The van der Waals surface area contributed by atoms with Gasteiger partial charge < -0.3 is 4.57 Å². The second kappa shape index (κ2) is 8.27. The highest BCUT2D eigenvalue weighted by atomic mass is 79.9. The molecule has 146 valence electrons. The van der Waals surface area contributed by atoms with Crippen LogP contribution in [0.5, 0.6) is 0 Å². The van der Waals surface area contributed by atoms with Crippen molar-refractivity contribution < 1.29 is 4.79 Å². The number of Topliss-reactive ketones (excluding diaryl/α,β-unsaturated/α-hetero) is 1. The van der Waals surface area contributed by atoms with Crippen LogP contribution in [0.15, 0.2) is 59.2 Å². The molecule has 7 heteroatoms. The number of imidazole rings is 1. The first-order chi connectivity index (χ1) is 13.9. The molecule has 4 rings (SSSR count). The van der Waals surface area contributed by atoms with Crippen LogP contribution in [-0.4, -0.2) is 20.3 Å². The van der Waals surface area contributed by atoms with Crippen LogP contribution in [0.25, 0.3) is 11.2 Å². The molecule has 0 radical (unpaired) electrons. The molecule has 4 aromatic rings. The molecule has 0 spiro atoms. The molecular formula is C22H16BrCl2N3O. The second-order valence-corrected chi connectivity index (χ2v) is 8.49. The topological polar surface area (TPSA) is 47.8 Å². The van der Waals surface area contributed by atoms with Gasteiger partial charge in [-0.05, 0) is 41.5 Å². The van der Waals surface area contributed by atoms with Gasteiger partial charge in [0.05, 0.1) is 0 Å². The number of carbonyl (C=O) groups excluding carboxylic acids is 1. The van der Waals surface area contributed by atoms with Crippen molar-refractivity contribution in [1.29, 1.82) is 0 Å². The fourth-order valence-electron chi connectivity index (χ4n) is 3.18. The predicted molar refractivity (Wildman–Crippen MR) is 120 cm³/mol. The van der Waals surface area contributed by atoms with E-state index in [0.717, 1.165) is 21.4 Å². The zero-order chi connectivity index (χ0) is 20.5. The number of nitrogens with zero attached hydrogens (tertiary/aromatic N) is 3. The zero-order valence-electron chi connectivity index (χ0n) is 15.5. The highest BCUT2D eigenvalue weighted by Crippen LogP contribution is 2.27. The number of halogens is 3. The maximum atomic E-state index is 12.7. The first kappa shape index (κ1) is 20.1. The Morgan fingerprint density at radius 2 is 1.79 bits per heavy atom. The van der Waals surface area contributed by atoms with Crippen molar-refractivity contribution in [3.63, 3.8) is 0 Å². The van der Waals surface area contributed by atoms with Crippen LogP contribution >= 0.6 is 39.1 Å². The molecule has 2 heterocycles. The lowest BCUT2D eigenvalue weighted by atomic mass is 10.0. The molecule has 2 aromatic heterocycles. The first-order valence-corrected chi connectivity index (χ1v) is 10.5. The Kier molecular flexibility index (Phi) is 5.72. The molecule has 0 saturated heterocycles. The third-order valence-corrected chi connectivity index (χ3v) is 6.04. The van der Waals surface area contributed by atoms with E-state index in [-0.39, 0.29) is 5.78 Å². The molecule has 2 aromatic carbocycles. The third kappa shape index (κ3) is 4.22. The third-order valence-electron chi connectivity index (χ3n) is 4.80. The predicted octanol–water partition coefficient (Wildman–Crippen LogP) is 6.05. The normalized spacial score (nSPS) is 11.2. The minimum Gasteiger partial charge on any atom is -0.316 e. The van der Waals surface area contributed by atoms with Gasteiger partial charge in [-0.2, -0.15) is 0 Å². The van der Waals surface area contributed by atoms with Crippen LogP contribution in [0, 0.1) is 0 Å². The van der Waals surface area contributed by atoms with Gasteiger partial charge in [0.15, 0.2) is 11.4 Å². The highest BCUT2D eigenvalue weighted by molar-refractivity contribution is 9.10. The molecule has 0 saturated carbocycles. The van der Waals surface area contributed by atoms with Crippen LogP contribution in [0.1, 0.15) is 27.3 Å². The maximum absolute atomic E-state index is 12.7. The van der Waals surface area contributed by atoms with E-state index in [0.29, 0.717) is 39.6 Å². The lowest BCUT2D eigenvalue weighted by molar-refractivity contribution is 0.0993. The van der Waals surface area contributed by atoms with Gasteiger partial charge in [-0.15, -0.1) is 0 Å². The zero-order valence-corrected chi connectivity index (χ0v) is 18.6. The van der Waals surface area contributed by atoms with Crippen molar-refractivity contribution in [3.05, 3.63) is 91.8 Å². The fraction of sp³-hybridized carbons (Fsp3) is 0.136. The average Bonchev–Trinajstić information content (AvgIpc) is 3.01. The number of ketones is 1. The Bertz CT molecular complexity index is 1200. The summed E-state index contributed by atoms with van der Waals surface area (Å²) in [6.45, 7) is 0. The summed E-state index contributed by atoms with van der Waals surface area (Å²) in [5, 5.41) is 1.20. The van der Waals surface area contributed by atoms with Crippen LogP contribution in [0.2, 0.25) is 10.0 Å². The number of rotatable bonds is 5. The molecule has 0 N–H and O–H groups in total. The lowest BCUT2D eigenvalue weighted by Crippen LogP contribution is -2.04. The van der Waals surface area contributed by atoms with E-state index in [9.17, 15) is 4.79 Å². The number of pyridine rings is 1. The van der Waals surface area contributed by atoms with E-state index in [4.69, 9.17) is 23.2 Å². The van der Waals surface area contributed by atoms with E-state index in [1.807, 2.05) is 54.1 Å². The largest absolute Gasteiger partial charge is 0.316 e. The standard InChI is InChI=1S/C22H16BrCl2N3O/c1-28-21(11-16-17(24)3-2-4-18(16)25)27-19-10-14(12-26-22(19)28)20(29)9-13-5-7-15(23)8-6-13/h2-8,10,12H,9,11H2,1H3. The molecular weight excluding hydrogens is 473 g/mol. The van der Waals surface area contributed by atoms with E-state index in [2.05, 4.69) is 25.9 Å². The molecule has 4 nitrogen and oxygen atoms in total. The van der Waals surface area contributed by atoms with E-state index in [1.165, 1.54) is 0 Å². The van der Waals surface area contributed by atoms with Crippen molar-refractivity contribution in [2.75, 3.05) is 0 Å². The molecule has 0 amide bonds. The quantitative estimate of drug-likeness (QED) is 0.321. The molecule has 0 bridgehead atoms. The Balaban J connectivity index is 1.63. The molecule has 0 aliphatic rings. The summed E-state index contributed by atoms with van der Waals surface area (Å²) < 4.78 is 2.88. The minimum atomic E-state index is 0.00285. The van der Waals surface area contributed by atoms with Gasteiger partial charge >= 0.3 is 0 Å². The van der Waals surface area contributed by atoms with Gasteiger partial charge in [-0.3, -0.25) is 4.79 Å². The van der Waals surface area contributed by atoms with Gasteiger partial charge in [-0.25, -0.2) is 9.97 Å². The van der Waals surface area contributed by atoms with Crippen molar-refractivity contribution >= 4 is 56.1 Å². The lowest BCUT2D eigenvalue weighted by Gasteiger charge is -2.06. The minimum absolute atomic E-state index is 0.00285. The summed E-state index contributed by atoms with van der Waals surface area (Å²) in [6.07, 6.45) is 2.40. The molecule has 0 atom stereocenters. The van der Waals surface area contributed by atoms with Crippen molar-refractivity contribution in [3.8, 4) is 0 Å². The van der Waals surface area contributed by atoms with Crippen molar-refractivity contribution in [2.45, 2.75) is 12.8 Å². The maximum Gasteiger partial charge on any atom is 0.168 e. The Hall–Kier alpha value is -2.21. The number of hydrogen-bond acceptors (Lipinski definition) is 3. The van der Waals surface area contributed by atoms with Gasteiger partial charge in [0.2, 0.25) is 0 Å². The van der Waals surface area contributed by atoms with Gasteiger partial charge in [0.1, 0.15) is 11.3 Å². The molecule has 0 fully saturated rings. The molecule has 0 unspecified atom stereocenters. The van der Waals surface area contributed by atoms with Crippen LogP contribution < -0.4 is 0 Å². The smallest absolute Gasteiger partial charge is 0.168 e. The summed E-state index contributed by atoms with van der Waals surface area (Å²) in [6, 6.07) is 14.9. The summed E-state index contributed by atoms with van der Waals surface area (Å²) in [7, 11) is 1.89. The summed E-state index contributed by atoms with van der Waals surface area (Å²) in [5.74, 6) is 0.781. The SMILES string of the molecule is Cn1c(Cc2c(Cl)cccc2Cl)nc2cc(C(=O)Cc3ccc(Br)cc3)cnc21. The Morgan fingerprint density at radius 3 is 2.48 bits per heavy atom. The van der Waals surface area contributed by atoms with Crippen LogP contribution in [0.4, 0.5) is 0 Å². The number of aryl methyl sites for hydroxylation is 1. The molecule has 0 aliphatic carbocycles. The van der Waals surface area contributed by atoms with E-state index < -0.39 is 0 Å². The molecule has 0 aliphatic heterocycles. The summed E-state index contributed by atoms with van der Waals surface area (Å²) in [5.41, 5.74) is 3.70. The number of fused-ring (bicyclic) bond motifs is 1. The van der Waals surface area contributed by atoms with Crippen molar-refractivity contribution in [1.82, 2.24) is 14.5 Å². The Morgan fingerprint density at radius 1 is 1.10 bits per heavy atom. The second-order valence-electron chi connectivity index (χ2n) is 6.76. The van der Waals surface area contributed by atoms with Crippen LogP contribution in [-0.2, 0) is 19.9 Å². The Labute approximate surface area is 186 Å². The summed E-state index contributed by atoms with van der Waals surface area (Å²) >= 11 is 16.0. The van der Waals surface area contributed by atoms with Crippen LogP contribution in [0.3, 0.4) is 0 Å².